The Labute approximate surface area is 168 Å². The van der Waals surface area contributed by atoms with Gasteiger partial charge in [0.25, 0.3) is 0 Å². The van der Waals surface area contributed by atoms with Crippen LogP contribution in [0.3, 0.4) is 0 Å². The normalized spacial score (nSPS) is 11.6. The number of benzene rings is 2. The number of H-pyrrole nitrogens is 1. The molecule has 1 unspecified atom stereocenters. The molecule has 1 heterocycles. The minimum Gasteiger partial charge on any atom is -0.494 e. The Kier molecular flexibility index (Phi) is 6.62. The van der Waals surface area contributed by atoms with Gasteiger partial charge >= 0.3 is 0 Å². The van der Waals surface area contributed by atoms with Gasteiger partial charge in [-0.25, -0.2) is 0 Å². The van der Waals surface area contributed by atoms with Gasteiger partial charge < -0.3 is 19.5 Å². The molecule has 1 aromatic heterocycles. The van der Waals surface area contributed by atoms with Gasteiger partial charge in [0, 0.05) is 11.8 Å². The summed E-state index contributed by atoms with van der Waals surface area (Å²) >= 11 is 0. The largest absolute Gasteiger partial charge is 0.494 e. The molecule has 0 saturated heterocycles. The van der Waals surface area contributed by atoms with E-state index in [2.05, 4.69) is 25.9 Å². The molecule has 0 spiro atoms. The van der Waals surface area contributed by atoms with Gasteiger partial charge in [0.2, 0.25) is 5.91 Å². The molecule has 0 fully saturated rings. The number of tetrazole rings is 1. The number of nitrogens with zero attached hydrogens (tertiary/aromatic N) is 3. The third kappa shape index (κ3) is 5.01. The number of ether oxygens (including phenoxy) is 3. The molecular formula is C20H23N5O4. The van der Waals surface area contributed by atoms with Gasteiger partial charge in [-0.3, -0.25) is 4.79 Å². The zero-order valence-electron chi connectivity index (χ0n) is 16.5. The maximum Gasteiger partial charge on any atom is 0.235 e. The van der Waals surface area contributed by atoms with E-state index in [4.69, 9.17) is 14.2 Å². The summed E-state index contributed by atoms with van der Waals surface area (Å²) in [5.74, 6) is 1.28. The lowest BCUT2D eigenvalue weighted by Gasteiger charge is -2.16. The molecule has 0 aliphatic rings. The van der Waals surface area contributed by atoms with Crippen LogP contribution in [0.1, 0.15) is 24.2 Å². The van der Waals surface area contributed by atoms with E-state index in [1.54, 1.807) is 32.4 Å². The molecule has 152 valence electrons. The van der Waals surface area contributed by atoms with Crippen LogP contribution >= 0.6 is 0 Å². The van der Waals surface area contributed by atoms with Crippen molar-refractivity contribution >= 4 is 11.6 Å². The first-order valence-electron chi connectivity index (χ1n) is 9.12. The topological polar surface area (TPSA) is 111 Å². The predicted molar refractivity (Wildman–Crippen MR) is 106 cm³/mol. The van der Waals surface area contributed by atoms with Crippen LogP contribution in [0.15, 0.2) is 42.5 Å². The van der Waals surface area contributed by atoms with Crippen LogP contribution in [0.4, 0.5) is 5.69 Å². The van der Waals surface area contributed by atoms with Crippen molar-refractivity contribution in [2.75, 3.05) is 26.1 Å². The first-order valence-corrected chi connectivity index (χ1v) is 9.12. The fourth-order valence-electron chi connectivity index (χ4n) is 2.92. The molecule has 3 rings (SSSR count). The Bertz CT molecular complexity index is 946. The Hall–Kier alpha value is -3.62. The van der Waals surface area contributed by atoms with Gasteiger partial charge in [0.05, 0.1) is 20.8 Å². The molecule has 0 saturated carbocycles. The number of hydrogen-bond donors (Lipinski definition) is 2. The third-order valence-corrected chi connectivity index (χ3v) is 4.29. The first-order chi connectivity index (χ1) is 14.1. The summed E-state index contributed by atoms with van der Waals surface area (Å²) in [5, 5.41) is 16.9. The van der Waals surface area contributed by atoms with Gasteiger partial charge in [-0.05, 0) is 43.2 Å². The van der Waals surface area contributed by atoms with E-state index in [9.17, 15) is 4.79 Å². The van der Waals surface area contributed by atoms with Crippen molar-refractivity contribution in [1.82, 2.24) is 20.6 Å². The minimum absolute atomic E-state index is 0.255. The number of nitrogens with one attached hydrogen (secondary N) is 2. The number of anilines is 1. The molecule has 9 heteroatoms. The average Bonchev–Trinajstić information content (AvgIpc) is 3.26. The highest BCUT2D eigenvalue weighted by Gasteiger charge is 2.26. The van der Waals surface area contributed by atoms with Crippen molar-refractivity contribution in [3.63, 3.8) is 0 Å². The van der Waals surface area contributed by atoms with Crippen LogP contribution < -0.4 is 19.5 Å². The maximum absolute atomic E-state index is 13.0. The summed E-state index contributed by atoms with van der Waals surface area (Å²) in [7, 11) is 3.14. The summed E-state index contributed by atoms with van der Waals surface area (Å²) in [6.07, 6.45) is 0.358. The molecule has 0 aliphatic carbocycles. The van der Waals surface area contributed by atoms with Gasteiger partial charge in [0.1, 0.15) is 11.7 Å². The molecule has 2 aromatic carbocycles. The van der Waals surface area contributed by atoms with E-state index in [0.717, 1.165) is 5.56 Å². The minimum atomic E-state index is -0.650. The van der Waals surface area contributed by atoms with Gasteiger partial charge in [-0.2, -0.15) is 5.21 Å². The number of methoxy groups -OCH3 is 2. The summed E-state index contributed by atoms with van der Waals surface area (Å²) < 4.78 is 16.1. The van der Waals surface area contributed by atoms with Crippen molar-refractivity contribution < 1.29 is 19.0 Å². The maximum atomic E-state index is 13.0. The van der Waals surface area contributed by atoms with E-state index in [1.807, 2.05) is 31.2 Å². The lowest BCUT2D eigenvalue weighted by atomic mass is 9.97. The average molecular weight is 397 g/mol. The Morgan fingerprint density at radius 1 is 1.14 bits per heavy atom. The van der Waals surface area contributed by atoms with E-state index in [1.165, 1.54) is 0 Å². The van der Waals surface area contributed by atoms with E-state index in [-0.39, 0.29) is 5.91 Å². The number of hydrogen-bond acceptors (Lipinski definition) is 7. The van der Waals surface area contributed by atoms with Crippen molar-refractivity contribution in [2.45, 2.75) is 19.3 Å². The number of amides is 1. The molecule has 2 N–H and O–H groups in total. The lowest BCUT2D eigenvalue weighted by molar-refractivity contribution is -0.117. The van der Waals surface area contributed by atoms with Crippen molar-refractivity contribution in [1.29, 1.82) is 0 Å². The Balaban J connectivity index is 1.82. The molecule has 1 amide bonds. The molecule has 29 heavy (non-hydrogen) atoms. The highest BCUT2D eigenvalue weighted by molar-refractivity contribution is 5.95. The second-order valence-electron chi connectivity index (χ2n) is 6.17. The molecule has 3 aromatic rings. The Morgan fingerprint density at radius 2 is 1.97 bits per heavy atom. The number of carbonyl (C=O) groups is 1. The molecular weight excluding hydrogens is 374 g/mol. The molecule has 1 atom stereocenters. The summed E-state index contributed by atoms with van der Waals surface area (Å²) in [6.45, 7) is 2.45. The number of aromatic nitrogens is 4. The predicted octanol–water partition coefficient (Wildman–Crippen LogP) is 2.58. The smallest absolute Gasteiger partial charge is 0.235 e. The quantitative estimate of drug-likeness (QED) is 0.571. The summed E-state index contributed by atoms with van der Waals surface area (Å²) in [6, 6.07) is 12.7. The zero-order valence-corrected chi connectivity index (χ0v) is 16.5. The Morgan fingerprint density at radius 3 is 2.66 bits per heavy atom. The van der Waals surface area contributed by atoms with Crippen LogP contribution in [0, 0.1) is 0 Å². The molecule has 0 bridgehead atoms. The summed E-state index contributed by atoms with van der Waals surface area (Å²) in [5.41, 5.74) is 1.50. The zero-order chi connectivity index (χ0) is 20.6. The molecule has 9 nitrogen and oxygen atoms in total. The monoisotopic (exact) mass is 397 g/mol. The second-order valence-corrected chi connectivity index (χ2v) is 6.17. The first kappa shape index (κ1) is 20.1. The molecule has 0 radical (unpaired) electrons. The van der Waals surface area contributed by atoms with Gasteiger partial charge in [-0.15, -0.1) is 10.2 Å². The van der Waals surface area contributed by atoms with Crippen LogP contribution in [-0.2, 0) is 11.2 Å². The fourth-order valence-corrected chi connectivity index (χ4v) is 2.92. The van der Waals surface area contributed by atoms with Crippen molar-refractivity contribution in [3.05, 3.63) is 53.9 Å². The number of aromatic amines is 1. The number of rotatable bonds is 9. The van der Waals surface area contributed by atoms with Crippen LogP contribution in [0.25, 0.3) is 0 Å². The highest BCUT2D eigenvalue weighted by atomic mass is 16.5. The number of carbonyl (C=O) groups excluding carboxylic acids is 1. The van der Waals surface area contributed by atoms with E-state index < -0.39 is 5.92 Å². The van der Waals surface area contributed by atoms with Crippen LogP contribution in [-0.4, -0.2) is 47.4 Å². The van der Waals surface area contributed by atoms with Crippen LogP contribution in [0.2, 0.25) is 0 Å². The SMILES string of the molecule is CCOc1cccc(NC(=O)C(Cc2ccc(OC)c(OC)c2)c2nn[nH]n2)c1. The lowest BCUT2D eigenvalue weighted by Crippen LogP contribution is -2.24. The highest BCUT2D eigenvalue weighted by Crippen LogP contribution is 2.30. The van der Waals surface area contributed by atoms with Gasteiger partial charge in [-0.1, -0.05) is 17.3 Å². The summed E-state index contributed by atoms with van der Waals surface area (Å²) in [4.78, 5) is 13.0. The van der Waals surface area contributed by atoms with Crippen molar-refractivity contribution in [3.8, 4) is 17.2 Å². The van der Waals surface area contributed by atoms with Crippen molar-refractivity contribution in [2.24, 2.45) is 0 Å². The standard InChI is InChI=1S/C20H23N5O4/c1-4-29-15-7-5-6-14(12-15)21-20(26)16(19-22-24-25-23-19)10-13-8-9-17(27-2)18(11-13)28-3/h5-9,11-12,16H,4,10H2,1-3H3,(H,21,26)(H,22,23,24,25). The van der Waals surface area contributed by atoms with E-state index in [0.29, 0.717) is 41.8 Å². The van der Waals surface area contributed by atoms with E-state index >= 15 is 0 Å². The third-order valence-electron chi connectivity index (χ3n) is 4.29. The van der Waals surface area contributed by atoms with Crippen LogP contribution in [0.5, 0.6) is 17.2 Å². The molecule has 0 aliphatic heterocycles. The van der Waals surface area contributed by atoms with Gasteiger partial charge in [0.15, 0.2) is 17.3 Å². The fraction of sp³-hybridized carbons (Fsp3) is 0.300. The second kappa shape index (κ2) is 9.54.